The van der Waals surface area contributed by atoms with Crippen LogP contribution in [-0.4, -0.2) is 51.4 Å². The number of carbonyl (C=O) groups is 1. The number of para-hydroxylation sites is 1. The molecule has 0 saturated carbocycles. The summed E-state index contributed by atoms with van der Waals surface area (Å²) < 4.78 is 2.19. The van der Waals surface area contributed by atoms with Crippen LogP contribution in [0.4, 0.5) is 0 Å². The summed E-state index contributed by atoms with van der Waals surface area (Å²) in [6.45, 7) is 4.21. The summed E-state index contributed by atoms with van der Waals surface area (Å²) in [7, 11) is 2.09. The quantitative estimate of drug-likeness (QED) is 0.739. The minimum atomic E-state index is 0.0328. The van der Waals surface area contributed by atoms with Gasteiger partial charge in [0.2, 0.25) is 0 Å². The van der Waals surface area contributed by atoms with Crippen LogP contribution in [-0.2, 0) is 13.6 Å². The average molecular weight is 334 g/mol. The fourth-order valence-corrected chi connectivity index (χ4v) is 3.55. The van der Waals surface area contributed by atoms with Crippen LogP contribution in [0, 0.1) is 0 Å². The summed E-state index contributed by atoms with van der Waals surface area (Å²) in [5.41, 5.74) is 3.15. The Morgan fingerprint density at radius 3 is 2.56 bits per heavy atom. The van der Waals surface area contributed by atoms with E-state index in [1.54, 1.807) is 12.3 Å². The Bertz CT molecular complexity index is 879. The van der Waals surface area contributed by atoms with Crippen molar-refractivity contribution in [3.63, 3.8) is 0 Å². The summed E-state index contributed by atoms with van der Waals surface area (Å²) in [4.78, 5) is 21.0. The number of pyridine rings is 1. The summed E-state index contributed by atoms with van der Waals surface area (Å²) in [6, 6.07) is 14.0. The molecule has 0 spiro atoms. The van der Waals surface area contributed by atoms with Crippen molar-refractivity contribution in [1.29, 1.82) is 0 Å². The standard InChI is InChI=1S/C20H22N4O/c1-22-14-16(17-6-2-3-8-19(17)22)15-23-10-12-24(13-11-23)20(25)18-7-4-5-9-21-18/h2-9,14H,10-13,15H2,1H3. The fourth-order valence-electron chi connectivity index (χ4n) is 3.55. The van der Waals surface area contributed by atoms with Crippen molar-refractivity contribution in [2.75, 3.05) is 26.2 Å². The van der Waals surface area contributed by atoms with Crippen LogP contribution in [0.1, 0.15) is 16.1 Å². The van der Waals surface area contributed by atoms with Crippen LogP contribution in [0.2, 0.25) is 0 Å². The van der Waals surface area contributed by atoms with Gasteiger partial charge in [0.15, 0.2) is 0 Å². The van der Waals surface area contributed by atoms with Crippen molar-refractivity contribution >= 4 is 16.8 Å². The number of aromatic nitrogens is 2. The molecule has 0 aliphatic carbocycles. The number of hydrogen-bond acceptors (Lipinski definition) is 3. The van der Waals surface area contributed by atoms with E-state index in [1.165, 1.54) is 16.5 Å². The second kappa shape index (κ2) is 6.69. The van der Waals surface area contributed by atoms with E-state index in [1.807, 2.05) is 17.0 Å². The molecule has 128 valence electrons. The van der Waals surface area contributed by atoms with Gasteiger partial charge in [0.05, 0.1) is 0 Å². The van der Waals surface area contributed by atoms with Gasteiger partial charge in [0.25, 0.3) is 5.91 Å². The minimum absolute atomic E-state index is 0.0328. The minimum Gasteiger partial charge on any atom is -0.350 e. The van der Waals surface area contributed by atoms with Gasteiger partial charge in [0, 0.05) is 63.1 Å². The molecule has 0 atom stereocenters. The van der Waals surface area contributed by atoms with Gasteiger partial charge in [-0.15, -0.1) is 0 Å². The molecule has 1 amide bonds. The number of hydrogen-bond donors (Lipinski definition) is 0. The van der Waals surface area contributed by atoms with Crippen LogP contribution >= 0.6 is 0 Å². The van der Waals surface area contributed by atoms with Gasteiger partial charge in [-0.1, -0.05) is 24.3 Å². The van der Waals surface area contributed by atoms with E-state index >= 15 is 0 Å². The third-order valence-corrected chi connectivity index (χ3v) is 4.92. The van der Waals surface area contributed by atoms with Crippen molar-refractivity contribution in [3.05, 3.63) is 66.1 Å². The maximum atomic E-state index is 12.5. The van der Waals surface area contributed by atoms with Crippen molar-refractivity contribution in [2.24, 2.45) is 7.05 Å². The number of piperazine rings is 1. The smallest absolute Gasteiger partial charge is 0.272 e. The van der Waals surface area contributed by atoms with Gasteiger partial charge >= 0.3 is 0 Å². The third-order valence-electron chi connectivity index (χ3n) is 4.92. The van der Waals surface area contributed by atoms with Crippen LogP contribution < -0.4 is 0 Å². The third kappa shape index (κ3) is 3.15. The van der Waals surface area contributed by atoms with E-state index in [0.717, 1.165) is 32.7 Å². The first kappa shape index (κ1) is 15.8. The normalized spacial score (nSPS) is 15.6. The van der Waals surface area contributed by atoms with Crippen molar-refractivity contribution in [3.8, 4) is 0 Å². The monoisotopic (exact) mass is 334 g/mol. The first-order valence-electron chi connectivity index (χ1n) is 8.68. The van der Waals surface area contributed by atoms with Crippen LogP contribution in [0.15, 0.2) is 54.9 Å². The first-order valence-corrected chi connectivity index (χ1v) is 8.68. The Labute approximate surface area is 147 Å². The van der Waals surface area contributed by atoms with Crippen LogP contribution in [0.5, 0.6) is 0 Å². The molecule has 2 aromatic heterocycles. The van der Waals surface area contributed by atoms with E-state index < -0.39 is 0 Å². The summed E-state index contributed by atoms with van der Waals surface area (Å²) >= 11 is 0. The maximum Gasteiger partial charge on any atom is 0.272 e. The van der Waals surface area contributed by atoms with Gasteiger partial charge in [-0.3, -0.25) is 14.7 Å². The van der Waals surface area contributed by atoms with Gasteiger partial charge in [-0.2, -0.15) is 0 Å². The van der Waals surface area contributed by atoms with Crippen molar-refractivity contribution in [2.45, 2.75) is 6.54 Å². The largest absolute Gasteiger partial charge is 0.350 e. The second-order valence-corrected chi connectivity index (χ2v) is 6.57. The van der Waals surface area contributed by atoms with Crippen LogP contribution in [0.25, 0.3) is 10.9 Å². The summed E-state index contributed by atoms with van der Waals surface area (Å²) in [6.07, 6.45) is 3.89. The lowest BCUT2D eigenvalue weighted by molar-refractivity contribution is 0.0623. The predicted octanol–water partition coefficient (Wildman–Crippen LogP) is 2.53. The molecule has 0 unspecified atom stereocenters. The highest BCUT2D eigenvalue weighted by Gasteiger charge is 2.23. The molecule has 1 aliphatic heterocycles. The van der Waals surface area contributed by atoms with E-state index in [2.05, 4.69) is 52.0 Å². The SMILES string of the molecule is Cn1cc(CN2CCN(C(=O)c3ccccn3)CC2)c2ccccc21. The molecule has 0 N–H and O–H groups in total. The number of carbonyl (C=O) groups excluding carboxylic acids is 1. The van der Waals surface area contributed by atoms with Crippen LogP contribution in [0.3, 0.4) is 0 Å². The number of fused-ring (bicyclic) bond motifs is 1. The molecular weight excluding hydrogens is 312 g/mol. The van der Waals surface area contributed by atoms with Crippen molar-refractivity contribution < 1.29 is 4.79 Å². The molecule has 3 heterocycles. The van der Waals surface area contributed by atoms with Crippen molar-refractivity contribution in [1.82, 2.24) is 19.4 Å². The zero-order valence-electron chi connectivity index (χ0n) is 14.4. The molecule has 25 heavy (non-hydrogen) atoms. The molecule has 0 bridgehead atoms. The van der Waals surface area contributed by atoms with E-state index in [4.69, 9.17) is 0 Å². The first-order chi connectivity index (χ1) is 12.2. The average Bonchev–Trinajstić information content (AvgIpc) is 2.98. The lowest BCUT2D eigenvalue weighted by Crippen LogP contribution is -2.48. The summed E-state index contributed by atoms with van der Waals surface area (Å²) in [5.74, 6) is 0.0328. The molecule has 3 aromatic rings. The number of nitrogens with zero attached hydrogens (tertiary/aromatic N) is 4. The topological polar surface area (TPSA) is 41.4 Å². The number of amides is 1. The number of rotatable bonds is 3. The predicted molar refractivity (Wildman–Crippen MR) is 98.3 cm³/mol. The highest BCUT2D eigenvalue weighted by Crippen LogP contribution is 2.22. The van der Waals surface area contributed by atoms with E-state index in [9.17, 15) is 4.79 Å². The Balaban J connectivity index is 1.41. The Hall–Kier alpha value is -2.66. The molecule has 5 heteroatoms. The lowest BCUT2D eigenvalue weighted by atomic mass is 10.1. The van der Waals surface area contributed by atoms with Gasteiger partial charge in [0.1, 0.15) is 5.69 Å². The van der Waals surface area contributed by atoms with E-state index in [0.29, 0.717) is 5.69 Å². The molecular formula is C20H22N4O. The molecule has 1 fully saturated rings. The lowest BCUT2D eigenvalue weighted by Gasteiger charge is -2.34. The molecule has 5 nitrogen and oxygen atoms in total. The second-order valence-electron chi connectivity index (χ2n) is 6.57. The highest BCUT2D eigenvalue weighted by molar-refractivity contribution is 5.92. The van der Waals surface area contributed by atoms with Gasteiger partial charge < -0.3 is 9.47 Å². The Kier molecular flexibility index (Phi) is 4.24. The molecule has 1 aliphatic rings. The highest BCUT2D eigenvalue weighted by atomic mass is 16.2. The number of aryl methyl sites for hydroxylation is 1. The zero-order chi connectivity index (χ0) is 17.2. The fraction of sp³-hybridized carbons (Fsp3) is 0.300. The van der Waals surface area contributed by atoms with E-state index in [-0.39, 0.29) is 5.91 Å². The van der Waals surface area contributed by atoms with Gasteiger partial charge in [-0.05, 0) is 23.8 Å². The number of benzene rings is 1. The molecule has 1 saturated heterocycles. The maximum absolute atomic E-state index is 12.5. The molecule has 0 radical (unpaired) electrons. The summed E-state index contributed by atoms with van der Waals surface area (Å²) in [5, 5.41) is 1.32. The Morgan fingerprint density at radius 2 is 1.80 bits per heavy atom. The Morgan fingerprint density at radius 1 is 1.04 bits per heavy atom. The van der Waals surface area contributed by atoms with Gasteiger partial charge in [-0.25, -0.2) is 0 Å². The zero-order valence-corrected chi connectivity index (χ0v) is 14.4. The molecule has 4 rings (SSSR count). The molecule has 1 aromatic carbocycles.